The Morgan fingerprint density at radius 2 is 2.17 bits per heavy atom. The van der Waals surface area contributed by atoms with E-state index in [1.165, 1.54) is 25.1 Å². The van der Waals surface area contributed by atoms with Crippen molar-refractivity contribution in [3.63, 3.8) is 0 Å². The fourth-order valence-electron chi connectivity index (χ4n) is 4.24. The Morgan fingerprint density at radius 3 is 2.90 bits per heavy atom. The van der Waals surface area contributed by atoms with Gasteiger partial charge in [-0.15, -0.1) is 0 Å². The van der Waals surface area contributed by atoms with Gasteiger partial charge in [0.05, 0.1) is 23.8 Å². The average Bonchev–Trinajstić information content (AvgIpc) is 3.36. The first kappa shape index (κ1) is 18.9. The first-order valence-corrected chi connectivity index (χ1v) is 10.2. The Morgan fingerprint density at radius 1 is 1.33 bits per heavy atom. The molecule has 5 rings (SSSR count). The van der Waals surface area contributed by atoms with E-state index in [1.54, 1.807) is 29.9 Å². The van der Waals surface area contributed by atoms with E-state index in [2.05, 4.69) is 30.5 Å². The second kappa shape index (κ2) is 7.02. The number of hydrogen-bond acceptors (Lipinski definition) is 6. The van der Waals surface area contributed by atoms with Gasteiger partial charge in [-0.2, -0.15) is 0 Å². The van der Waals surface area contributed by atoms with Gasteiger partial charge in [0.25, 0.3) is 5.91 Å². The molecule has 2 aliphatic rings. The number of aryl methyl sites for hydroxylation is 1. The lowest BCUT2D eigenvalue weighted by atomic mass is 9.96. The fraction of sp³-hybridized carbons (Fsp3) is 0.429. The number of nitrogens with one attached hydrogen (secondary N) is 2. The van der Waals surface area contributed by atoms with Gasteiger partial charge >= 0.3 is 0 Å². The Labute approximate surface area is 173 Å². The lowest BCUT2D eigenvalue weighted by Gasteiger charge is -2.36. The summed E-state index contributed by atoms with van der Waals surface area (Å²) >= 11 is 0. The normalized spacial score (nSPS) is 19.8. The minimum atomic E-state index is -0.501. The third-order valence-corrected chi connectivity index (χ3v) is 6.12. The third kappa shape index (κ3) is 3.49. The van der Waals surface area contributed by atoms with Crippen LogP contribution in [-0.2, 0) is 0 Å². The van der Waals surface area contributed by atoms with E-state index in [1.807, 2.05) is 7.05 Å². The molecular weight excluding hydrogens is 385 g/mol. The van der Waals surface area contributed by atoms with E-state index in [0.29, 0.717) is 23.0 Å². The number of hydrogen-bond donors (Lipinski definition) is 2. The third-order valence-electron chi connectivity index (χ3n) is 6.12. The highest BCUT2D eigenvalue weighted by molar-refractivity contribution is 6.02. The summed E-state index contributed by atoms with van der Waals surface area (Å²) in [7, 11) is 2.03. The number of fused-ring (bicyclic) bond motifs is 1. The largest absolute Gasteiger partial charge is 0.355 e. The summed E-state index contributed by atoms with van der Waals surface area (Å²) < 4.78 is 15.8. The van der Waals surface area contributed by atoms with Gasteiger partial charge in [0.15, 0.2) is 11.5 Å². The highest BCUT2D eigenvalue weighted by Crippen LogP contribution is 2.43. The second-order valence-corrected chi connectivity index (χ2v) is 8.37. The maximum Gasteiger partial charge on any atom is 0.275 e. The van der Waals surface area contributed by atoms with Crippen molar-refractivity contribution in [1.82, 2.24) is 24.7 Å². The van der Waals surface area contributed by atoms with Gasteiger partial charge in [-0.05, 0) is 39.2 Å². The Bertz CT molecular complexity index is 1110. The number of pyridine rings is 1. The lowest BCUT2D eigenvalue weighted by molar-refractivity contribution is 0.102. The summed E-state index contributed by atoms with van der Waals surface area (Å²) in [6.07, 6.45) is 11.1. The molecule has 1 saturated carbocycles. The minimum Gasteiger partial charge on any atom is -0.355 e. The first-order chi connectivity index (χ1) is 14.4. The van der Waals surface area contributed by atoms with Crippen LogP contribution in [0.4, 0.5) is 15.9 Å². The van der Waals surface area contributed by atoms with Gasteiger partial charge in [-0.25, -0.2) is 19.3 Å². The van der Waals surface area contributed by atoms with Gasteiger partial charge < -0.3 is 19.9 Å². The molecule has 4 heterocycles. The molecule has 30 heavy (non-hydrogen) atoms. The standard InChI is InChI=1S/C21H24FN7O/c1-13-11-29-12-14(7-16(22)19(29)26-13)27-20(30)17-9-24-18(10-23-17)28(2)15-3-6-25-21(8-15)4-5-21/h7,9-12,15,25H,3-6,8H2,1-2H3,(H,27,30)/t15-/m1/s1. The minimum absolute atomic E-state index is 0.179. The number of carbonyl (C=O) groups is 1. The van der Waals surface area contributed by atoms with Crippen molar-refractivity contribution >= 4 is 23.1 Å². The van der Waals surface area contributed by atoms with E-state index >= 15 is 0 Å². The zero-order valence-corrected chi connectivity index (χ0v) is 17.0. The van der Waals surface area contributed by atoms with Crippen LogP contribution in [-0.4, -0.2) is 50.4 Å². The number of halogens is 1. The smallest absolute Gasteiger partial charge is 0.275 e. The van der Waals surface area contributed by atoms with E-state index in [-0.39, 0.29) is 11.3 Å². The van der Waals surface area contributed by atoms with Crippen LogP contribution in [0.1, 0.15) is 41.9 Å². The van der Waals surface area contributed by atoms with Crippen molar-refractivity contribution in [2.45, 2.75) is 44.2 Å². The molecule has 1 amide bonds. The Kier molecular flexibility index (Phi) is 4.43. The second-order valence-electron chi connectivity index (χ2n) is 8.37. The molecule has 1 saturated heterocycles. The van der Waals surface area contributed by atoms with Crippen LogP contribution >= 0.6 is 0 Å². The molecule has 0 unspecified atom stereocenters. The van der Waals surface area contributed by atoms with Crippen LogP contribution in [0.25, 0.3) is 5.65 Å². The van der Waals surface area contributed by atoms with Gasteiger partial charge in [-0.3, -0.25) is 4.79 Å². The number of aromatic nitrogens is 4. The van der Waals surface area contributed by atoms with E-state index in [9.17, 15) is 9.18 Å². The number of amides is 1. The molecule has 1 spiro atoms. The van der Waals surface area contributed by atoms with Gasteiger partial charge in [-0.1, -0.05) is 0 Å². The molecule has 2 fully saturated rings. The summed E-state index contributed by atoms with van der Waals surface area (Å²) in [6, 6.07) is 1.66. The van der Waals surface area contributed by atoms with Crippen molar-refractivity contribution in [2.24, 2.45) is 0 Å². The number of rotatable bonds is 4. The number of imidazole rings is 1. The average molecular weight is 409 g/mol. The maximum absolute atomic E-state index is 14.2. The van der Waals surface area contributed by atoms with Crippen LogP contribution in [0.2, 0.25) is 0 Å². The highest BCUT2D eigenvalue weighted by Gasteiger charge is 2.46. The summed E-state index contributed by atoms with van der Waals surface area (Å²) in [6.45, 7) is 2.80. The number of carbonyl (C=O) groups excluding carboxylic acids is 1. The van der Waals surface area contributed by atoms with Crippen molar-refractivity contribution in [1.29, 1.82) is 0 Å². The molecule has 0 radical (unpaired) electrons. The van der Waals surface area contributed by atoms with E-state index in [4.69, 9.17) is 0 Å². The van der Waals surface area contributed by atoms with Crippen LogP contribution in [0.3, 0.4) is 0 Å². The van der Waals surface area contributed by atoms with E-state index < -0.39 is 11.7 Å². The van der Waals surface area contributed by atoms with Crippen molar-refractivity contribution in [2.75, 3.05) is 23.8 Å². The molecule has 8 nitrogen and oxygen atoms in total. The summed E-state index contributed by atoms with van der Waals surface area (Å²) in [5.41, 5.74) is 1.76. The molecular formula is C21H24FN7O. The van der Waals surface area contributed by atoms with Crippen molar-refractivity contribution in [3.05, 3.63) is 48.1 Å². The Hall–Kier alpha value is -3.07. The quantitative estimate of drug-likeness (QED) is 0.689. The molecule has 9 heteroatoms. The molecule has 1 aliphatic carbocycles. The maximum atomic E-state index is 14.2. The summed E-state index contributed by atoms with van der Waals surface area (Å²) in [4.78, 5) is 27.6. The Balaban J connectivity index is 1.28. The molecule has 0 aromatic carbocycles. The van der Waals surface area contributed by atoms with Gasteiger partial charge in [0.2, 0.25) is 0 Å². The van der Waals surface area contributed by atoms with Gasteiger partial charge in [0.1, 0.15) is 11.5 Å². The zero-order chi connectivity index (χ0) is 20.9. The molecule has 2 N–H and O–H groups in total. The van der Waals surface area contributed by atoms with E-state index in [0.717, 1.165) is 25.2 Å². The topological polar surface area (TPSA) is 87.5 Å². The molecule has 1 atom stereocenters. The number of anilines is 2. The van der Waals surface area contributed by atoms with Crippen LogP contribution in [0.15, 0.2) is 30.9 Å². The molecule has 156 valence electrons. The number of piperidine rings is 1. The highest BCUT2D eigenvalue weighted by atomic mass is 19.1. The monoisotopic (exact) mass is 409 g/mol. The summed E-state index contributed by atoms with van der Waals surface area (Å²) in [5.74, 6) is -0.193. The molecule has 3 aromatic heterocycles. The predicted molar refractivity (Wildman–Crippen MR) is 111 cm³/mol. The fourth-order valence-corrected chi connectivity index (χ4v) is 4.24. The lowest BCUT2D eigenvalue weighted by Crippen LogP contribution is -2.48. The predicted octanol–water partition coefficient (Wildman–Crippen LogP) is 2.54. The van der Waals surface area contributed by atoms with Gasteiger partial charge in [0, 0.05) is 37.1 Å². The number of nitrogens with zero attached hydrogens (tertiary/aromatic N) is 5. The van der Waals surface area contributed by atoms with Crippen LogP contribution in [0.5, 0.6) is 0 Å². The van der Waals surface area contributed by atoms with Crippen LogP contribution in [0, 0.1) is 12.7 Å². The molecule has 1 aliphatic heterocycles. The SMILES string of the molecule is Cc1cn2cc(NC(=O)c3cnc(N(C)[C@@H]4CCNC5(CC5)C4)cn3)cc(F)c2n1. The molecule has 0 bridgehead atoms. The van der Waals surface area contributed by atoms with Crippen LogP contribution < -0.4 is 15.5 Å². The summed E-state index contributed by atoms with van der Waals surface area (Å²) in [5, 5.41) is 6.30. The van der Waals surface area contributed by atoms with Crippen molar-refractivity contribution in [3.8, 4) is 0 Å². The zero-order valence-electron chi connectivity index (χ0n) is 17.0. The van der Waals surface area contributed by atoms with Crippen molar-refractivity contribution < 1.29 is 9.18 Å². The molecule has 3 aromatic rings. The first-order valence-electron chi connectivity index (χ1n) is 10.2.